The minimum atomic E-state index is 0.244. The van der Waals surface area contributed by atoms with Gasteiger partial charge in [0.1, 0.15) is 0 Å². The van der Waals surface area contributed by atoms with Crippen molar-refractivity contribution in [3.05, 3.63) is 15.9 Å². The zero-order valence-corrected chi connectivity index (χ0v) is 14.0. The molecule has 1 aromatic rings. The molecular formula is C14H25BrN4. The van der Waals surface area contributed by atoms with Gasteiger partial charge in [-0.25, -0.2) is 0 Å². The molecule has 19 heavy (non-hydrogen) atoms. The highest BCUT2D eigenvalue weighted by Gasteiger charge is 2.33. The summed E-state index contributed by atoms with van der Waals surface area (Å²) in [5, 5.41) is 8.11. The number of hydrogen-bond acceptors (Lipinski definition) is 3. The van der Waals surface area contributed by atoms with Crippen LogP contribution in [-0.4, -0.2) is 39.9 Å². The molecule has 1 unspecified atom stereocenters. The van der Waals surface area contributed by atoms with Crippen LogP contribution in [0.4, 0.5) is 0 Å². The fourth-order valence-electron chi connectivity index (χ4n) is 2.74. The van der Waals surface area contributed by atoms with E-state index in [9.17, 15) is 0 Å². The molecule has 108 valence electrons. The summed E-state index contributed by atoms with van der Waals surface area (Å²) in [6, 6.07) is 0. The van der Waals surface area contributed by atoms with Crippen molar-refractivity contribution in [3.8, 4) is 0 Å². The maximum absolute atomic E-state index is 4.60. The minimum Gasteiger partial charge on any atom is -0.314 e. The molecule has 0 bridgehead atoms. The summed E-state index contributed by atoms with van der Waals surface area (Å²) in [6.45, 7) is 11.0. The fraction of sp³-hybridized carbons (Fsp3) is 0.786. The predicted molar refractivity (Wildman–Crippen MR) is 82.3 cm³/mol. The Balaban J connectivity index is 2.22. The lowest BCUT2D eigenvalue weighted by Gasteiger charge is -2.45. The first kappa shape index (κ1) is 15.0. The Morgan fingerprint density at radius 1 is 1.42 bits per heavy atom. The third-order valence-electron chi connectivity index (χ3n) is 4.43. The van der Waals surface area contributed by atoms with Crippen LogP contribution in [0, 0.1) is 0 Å². The average Bonchev–Trinajstić information content (AvgIpc) is 2.68. The Bertz CT molecular complexity index is 443. The Kier molecular flexibility index (Phi) is 4.69. The summed E-state index contributed by atoms with van der Waals surface area (Å²) < 4.78 is 3.22. The van der Waals surface area contributed by atoms with Gasteiger partial charge in [0.15, 0.2) is 0 Å². The van der Waals surface area contributed by atoms with Gasteiger partial charge >= 0.3 is 0 Å². The van der Waals surface area contributed by atoms with Gasteiger partial charge in [-0.15, -0.1) is 0 Å². The number of nitrogens with zero attached hydrogens (tertiary/aromatic N) is 3. The molecule has 0 amide bonds. The van der Waals surface area contributed by atoms with E-state index in [1.165, 1.54) is 10.2 Å². The van der Waals surface area contributed by atoms with E-state index in [2.05, 4.69) is 52.0 Å². The lowest BCUT2D eigenvalue weighted by Crippen LogP contribution is -2.58. The summed E-state index contributed by atoms with van der Waals surface area (Å²) in [7, 11) is 2.05. The quantitative estimate of drug-likeness (QED) is 0.920. The largest absolute Gasteiger partial charge is 0.314 e. The van der Waals surface area contributed by atoms with Crippen molar-refractivity contribution >= 4 is 15.9 Å². The van der Waals surface area contributed by atoms with Crippen LogP contribution in [0.25, 0.3) is 0 Å². The number of halogens is 1. The summed E-state index contributed by atoms with van der Waals surface area (Å²) in [5.41, 5.74) is 2.69. The molecule has 5 heteroatoms. The van der Waals surface area contributed by atoms with E-state index in [4.69, 9.17) is 0 Å². The first-order valence-corrected chi connectivity index (χ1v) is 7.97. The molecule has 1 aromatic heterocycles. The Labute approximate surface area is 124 Å². The molecular weight excluding hydrogens is 304 g/mol. The van der Waals surface area contributed by atoms with Crippen molar-refractivity contribution in [3.63, 3.8) is 0 Å². The standard InChI is InChI=1S/C14H25BrN4/c1-5-11-13(15)12(18(4)17-11)9-19-8-7-16-10-14(19,3)6-2/h16H,5-10H2,1-4H3. The predicted octanol–water partition coefficient (Wildman–Crippen LogP) is 2.32. The summed E-state index contributed by atoms with van der Waals surface area (Å²) >= 11 is 3.72. The molecule has 0 spiro atoms. The number of nitrogens with one attached hydrogen (secondary N) is 1. The van der Waals surface area contributed by atoms with Gasteiger partial charge in [-0.2, -0.15) is 5.10 Å². The number of rotatable bonds is 4. The maximum atomic E-state index is 4.60. The molecule has 2 heterocycles. The molecule has 2 rings (SSSR count). The zero-order valence-electron chi connectivity index (χ0n) is 12.5. The third-order valence-corrected chi connectivity index (χ3v) is 5.35. The molecule has 4 nitrogen and oxygen atoms in total. The van der Waals surface area contributed by atoms with Crippen LogP contribution < -0.4 is 5.32 Å². The second-order valence-corrected chi connectivity index (χ2v) is 6.43. The molecule has 1 saturated heterocycles. The van der Waals surface area contributed by atoms with E-state index in [1.807, 2.05) is 11.7 Å². The van der Waals surface area contributed by atoms with Crippen molar-refractivity contribution in [2.45, 2.75) is 45.7 Å². The van der Waals surface area contributed by atoms with Crippen LogP contribution in [0.1, 0.15) is 38.6 Å². The molecule has 0 saturated carbocycles. The fourth-order valence-corrected chi connectivity index (χ4v) is 3.49. The zero-order chi connectivity index (χ0) is 14.0. The molecule has 0 radical (unpaired) electrons. The highest BCUT2D eigenvalue weighted by molar-refractivity contribution is 9.10. The van der Waals surface area contributed by atoms with Gasteiger partial charge in [-0.1, -0.05) is 13.8 Å². The van der Waals surface area contributed by atoms with Crippen molar-refractivity contribution in [1.29, 1.82) is 0 Å². The molecule has 1 N–H and O–H groups in total. The van der Waals surface area contributed by atoms with E-state index in [1.54, 1.807) is 0 Å². The van der Waals surface area contributed by atoms with Gasteiger partial charge in [0.05, 0.1) is 15.9 Å². The highest BCUT2D eigenvalue weighted by atomic mass is 79.9. The van der Waals surface area contributed by atoms with Crippen LogP contribution in [0.2, 0.25) is 0 Å². The lowest BCUT2D eigenvalue weighted by atomic mass is 9.94. The topological polar surface area (TPSA) is 33.1 Å². The SMILES string of the molecule is CCc1nn(C)c(CN2CCNCC2(C)CC)c1Br. The molecule has 0 aliphatic carbocycles. The van der Waals surface area contributed by atoms with Crippen LogP contribution in [0.5, 0.6) is 0 Å². The normalized spacial score (nSPS) is 24.9. The molecule has 1 aliphatic rings. The van der Waals surface area contributed by atoms with E-state index in [0.29, 0.717) is 0 Å². The van der Waals surface area contributed by atoms with Crippen molar-refractivity contribution in [2.75, 3.05) is 19.6 Å². The summed E-state index contributed by atoms with van der Waals surface area (Å²) in [5.74, 6) is 0. The molecule has 1 fully saturated rings. The monoisotopic (exact) mass is 328 g/mol. The van der Waals surface area contributed by atoms with E-state index < -0.39 is 0 Å². The van der Waals surface area contributed by atoms with Crippen LogP contribution in [0.15, 0.2) is 4.47 Å². The van der Waals surface area contributed by atoms with Crippen molar-refractivity contribution < 1.29 is 0 Å². The molecule has 1 atom stereocenters. The van der Waals surface area contributed by atoms with Crippen LogP contribution >= 0.6 is 15.9 Å². The van der Waals surface area contributed by atoms with Crippen LogP contribution in [-0.2, 0) is 20.0 Å². The van der Waals surface area contributed by atoms with Crippen molar-refractivity contribution in [2.24, 2.45) is 7.05 Å². The highest BCUT2D eigenvalue weighted by Crippen LogP contribution is 2.28. The molecule has 1 aliphatic heterocycles. The van der Waals surface area contributed by atoms with Gasteiger partial charge in [-0.05, 0) is 35.7 Å². The van der Waals surface area contributed by atoms with Gasteiger partial charge < -0.3 is 5.32 Å². The van der Waals surface area contributed by atoms with Gasteiger partial charge in [0, 0.05) is 38.8 Å². The number of piperazine rings is 1. The first-order valence-electron chi connectivity index (χ1n) is 7.18. The second-order valence-electron chi connectivity index (χ2n) is 5.63. The Morgan fingerprint density at radius 2 is 2.16 bits per heavy atom. The second kappa shape index (κ2) is 5.94. The summed E-state index contributed by atoms with van der Waals surface area (Å²) in [4.78, 5) is 2.59. The van der Waals surface area contributed by atoms with Crippen LogP contribution in [0.3, 0.4) is 0 Å². The van der Waals surface area contributed by atoms with E-state index >= 15 is 0 Å². The van der Waals surface area contributed by atoms with E-state index in [-0.39, 0.29) is 5.54 Å². The minimum absolute atomic E-state index is 0.244. The summed E-state index contributed by atoms with van der Waals surface area (Å²) in [6.07, 6.45) is 2.14. The Morgan fingerprint density at radius 3 is 2.74 bits per heavy atom. The third kappa shape index (κ3) is 2.88. The number of aryl methyl sites for hydroxylation is 2. The lowest BCUT2D eigenvalue weighted by molar-refractivity contribution is 0.0612. The van der Waals surface area contributed by atoms with Crippen molar-refractivity contribution in [1.82, 2.24) is 20.0 Å². The smallest absolute Gasteiger partial charge is 0.0767 e. The molecule has 0 aromatic carbocycles. The van der Waals surface area contributed by atoms with Gasteiger partial charge in [0.2, 0.25) is 0 Å². The first-order chi connectivity index (χ1) is 9.01. The Hall–Kier alpha value is -0.390. The number of aromatic nitrogens is 2. The maximum Gasteiger partial charge on any atom is 0.0767 e. The van der Waals surface area contributed by atoms with Gasteiger partial charge in [0.25, 0.3) is 0 Å². The number of hydrogen-bond donors (Lipinski definition) is 1. The van der Waals surface area contributed by atoms with E-state index in [0.717, 1.165) is 44.7 Å². The average molecular weight is 329 g/mol. The van der Waals surface area contributed by atoms with Gasteiger partial charge in [-0.3, -0.25) is 9.58 Å².